The van der Waals surface area contributed by atoms with Gasteiger partial charge in [-0.05, 0) is 31.9 Å². The summed E-state index contributed by atoms with van der Waals surface area (Å²) in [4.78, 5) is 12.6. The Morgan fingerprint density at radius 3 is 2.65 bits per heavy atom. The first kappa shape index (κ1) is 20.8. The zero-order valence-electron chi connectivity index (χ0n) is 15.5. The van der Waals surface area contributed by atoms with Crippen LogP contribution in [-0.4, -0.2) is 65.1 Å². The van der Waals surface area contributed by atoms with E-state index in [1.807, 2.05) is 6.92 Å². The van der Waals surface area contributed by atoms with Gasteiger partial charge in [0.25, 0.3) is 0 Å². The lowest BCUT2D eigenvalue weighted by atomic mass is 9.99. The molecular weight excluding hydrogens is 354 g/mol. The van der Waals surface area contributed by atoms with Crippen molar-refractivity contribution in [1.82, 2.24) is 14.9 Å². The van der Waals surface area contributed by atoms with Crippen LogP contribution in [0.1, 0.15) is 18.4 Å². The van der Waals surface area contributed by atoms with Crippen molar-refractivity contribution < 1.29 is 17.9 Å². The number of ether oxygens (including phenoxy) is 1. The largest absolute Gasteiger partial charge is 0.383 e. The summed E-state index contributed by atoms with van der Waals surface area (Å²) in [5.74, 6) is -0.384. The first-order valence-corrected chi connectivity index (χ1v) is 10.4. The first-order valence-electron chi connectivity index (χ1n) is 8.99. The molecule has 0 spiro atoms. The molecule has 1 heterocycles. The highest BCUT2D eigenvalue weighted by Crippen LogP contribution is 2.24. The van der Waals surface area contributed by atoms with E-state index in [1.165, 1.54) is 4.31 Å². The quantitative estimate of drug-likeness (QED) is 0.615. The average Bonchev–Trinajstić information content (AvgIpc) is 2.65. The summed E-state index contributed by atoms with van der Waals surface area (Å²) in [5.41, 5.74) is 1.01. The average molecular weight is 384 g/mol. The van der Waals surface area contributed by atoms with Crippen LogP contribution in [0.2, 0.25) is 0 Å². The van der Waals surface area contributed by atoms with Crippen LogP contribution >= 0.6 is 0 Å². The topological polar surface area (TPSA) is 87.7 Å². The van der Waals surface area contributed by atoms with E-state index in [-0.39, 0.29) is 23.3 Å². The van der Waals surface area contributed by atoms with E-state index in [0.29, 0.717) is 39.1 Å². The van der Waals surface area contributed by atoms with Gasteiger partial charge in [0.05, 0.1) is 17.4 Å². The van der Waals surface area contributed by atoms with Crippen molar-refractivity contribution in [2.24, 2.45) is 5.92 Å². The van der Waals surface area contributed by atoms with Crippen LogP contribution in [0.5, 0.6) is 0 Å². The molecule has 1 fully saturated rings. The van der Waals surface area contributed by atoms with Crippen molar-refractivity contribution >= 4 is 15.9 Å². The highest BCUT2D eigenvalue weighted by molar-refractivity contribution is 7.89. The molecule has 0 aromatic heterocycles. The maximum atomic E-state index is 12.8. The van der Waals surface area contributed by atoms with Crippen molar-refractivity contribution in [2.45, 2.75) is 24.7 Å². The molecule has 1 saturated heterocycles. The third-order valence-corrected chi connectivity index (χ3v) is 6.38. The van der Waals surface area contributed by atoms with Crippen LogP contribution in [-0.2, 0) is 19.6 Å². The Hall–Kier alpha value is -1.48. The smallest absolute Gasteiger partial charge is 0.243 e. The van der Waals surface area contributed by atoms with Crippen molar-refractivity contribution in [3.05, 3.63) is 29.8 Å². The van der Waals surface area contributed by atoms with E-state index >= 15 is 0 Å². The number of methoxy groups -OCH3 is 1. The standard InChI is InChI=1S/C18H29N3O4S/c1-15-5-7-17(8-6-15)26(23,24)21-12-3-4-16(14-21)18(22)20-10-9-19-11-13-25-2/h5-8,16,19H,3-4,9-14H2,1-2H3,(H,20,22). The Morgan fingerprint density at radius 1 is 1.23 bits per heavy atom. The van der Waals surface area contributed by atoms with Crippen molar-refractivity contribution in [3.63, 3.8) is 0 Å². The van der Waals surface area contributed by atoms with Gasteiger partial charge < -0.3 is 15.4 Å². The summed E-state index contributed by atoms with van der Waals surface area (Å²) in [6.45, 7) is 5.15. The van der Waals surface area contributed by atoms with Crippen LogP contribution in [0.4, 0.5) is 0 Å². The lowest BCUT2D eigenvalue weighted by Gasteiger charge is -2.31. The molecule has 146 valence electrons. The number of carbonyl (C=O) groups is 1. The summed E-state index contributed by atoms with van der Waals surface area (Å²) in [5, 5.41) is 6.04. The predicted octanol–water partition coefficient (Wildman–Crippen LogP) is 0.748. The second-order valence-electron chi connectivity index (χ2n) is 6.55. The van der Waals surface area contributed by atoms with Gasteiger partial charge in [0.1, 0.15) is 0 Å². The van der Waals surface area contributed by atoms with Crippen molar-refractivity contribution in [1.29, 1.82) is 0 Å². The van der Waals surface area contributed by atoms with Crippen LogP contribution in [0.15, 0.2) is 29.2 Å². The summed E-state index contributed by atoms with van der Waals surface area (Å²) in [6.07, 6.45) is 1.40. The summed E-state index contributed by atoms with van der Waals surface area (Å²) < 4.78 is 32.0. The van der Waals surface area contributed by atoms with Gasteiger partial charge in [-0.25, -0.2) is 8.42 Å². The molecule has 0 saturated carbocycles. The van der Waals surface area contributed by atoms with Crippen LogP contribution in [0.3, 0.4) is 0 Å². The molecule has 26 heavy (non-hydrogen) atoms. The Labute approximate surface area is 156 Å². The summed E-state index contributed by atoms with van der Waals surface area (Å²) >= 11 is 0. The van der Waals surface area contributed by atoms with E-state index in [0.717, 1.165) is 12.1 Å². The number of carbonyl (C=O) groups excluding carboxylic acids is 1. The van der Waals surface area contributed by atoms with Gasteiger partial charge in [0.15, 0.2) is 0 Å². The Balaban J connectivity index is 1.87. The molecule has 1 amide bonds. The molecule has 0 radical (unpaired) electrons. The number of nitrogens with one attached hydrogen (secondary N) is 2. The van der Waals surface area contributed by atoms with Crippen LogP contribution in [0, 0.1) is 12.8 Å². The van der Waals surface area contributed by atoms with Crippen LogP contribution < -0.4 is 10.6 Å². The second-order valence-corrected chi connectivity index (χ2v) is 8.49. The molecule has 2 N–H and O–H groups in total. The van der Waals surface area contributed by atoms with Crippen molar-refractivity contribution in [3.8, 4) is 0 Å². The molecule has 7 nitrogen and oxygen atoms in total. The zero-order chi connectivity index (χ0) is 19.0. The summed E-state index contributed by atoms with van der Waals surface area (Å²) in [7, 11) is -1.91. The molecule has 0 bridgehead atoms. The molecular formula is C18H29N3O4S. The Kier molecular flexibility index (Phi) is 8.02. The molecule has 1 atom stereocenters. The number of piperidine rings is 1. The van der Waals surface area contributed by atoms with Gasteiger partial charge >= 0.3 is 0 Å². The molecule has 8 heteroatoms. The van der Waals surface area contributed by atoms with E-state index in [9.17, 15) is 13.2 Å². The SMILES string of the molecule is COCCNCCNC(=O)C1CCCN(S(=O)(=O)c2ccc(C)cc2)C1. The zero-order valence-corrected chi connectivity index (χ0v) is 16.3. The molecule has 1 aromatic rings. The molecule has 2 rings (SSSR count). The fraction of sp³-hybridized carbons (Fsp3) is 0.611. The predicted molar refractivity (Wildman–Crippen MR) is 100 cm³/mol. The van der Waals surface area contributed by atoms with Gasteiger partial charge in [-0.2, -0.15) is 4.31 Å². The second kappa shape index (κ2) is 10.0. The lowest BCUT2D eigenvalue weighted by molar-refractivity contribution is -0.126. The van der Waals surface area contributed by atoms with E-state index < -0.39 is 10.0 Å². The minimum atomic E-state index is -3.55. The normalized spacial score (nSPS) is 18.6. The van der Waals surface area contributed by atoms with Gasteiger partial charge in [-0.3, -0.25) is 4.79 Å². The highest BCUT2D eigenvalue weighted by Gasteiger charge is 2.33. The van der Waals surface area contributed by atoms with Crippen molar-refractivity contribution in [2.75, 3.05) is 46.4 Å². The van der Waals surface area contributed by atoms with Gasteiger partial charge in [0, 0.05) is 39.8 Å². The number of rotatable bonds is 9. The molecule has 1 aromatic carbocycles. The van der Waals surface area contributed by atoms with Crippen LogP contribution in [0.25, 0.3) is 0 Å². The number of benzene rings is 1. The Bertz CT molecular complexity index is 676. The number of sulfonamides is 1. The third-order valence-electron chi connectivity index (χ3n) is 4.50. The number of nitrogens with zero attached hydrogens (tertiary/aromatic N) is 1. The summed E-state index contributed by atoms with van der Waals surface area (Å²) in [6, 6.07) is 6.83. The number of hydrogen-bond acceptors (Lipinski definition) is 5. The molecule has 1 aliphatic heterocycles. The van der Waals surface area contributed by atoms with Gasteiger partial charge in [-0.15, -0.1) is 0 Å². The fourth-order valence-electron chi connectivity index (χ4n) is 2.95. The first-order chi connectivity index (χ1) is 12.4. The number of amides is 1. The van der Waals surface area contributed by atoms with E-state index in [2.05, 4.69) is 10.6 Å². The minimum absolute atomic E-state index is 0.0812. The minimum Gasteiger partial charge on any atom is -0.383 e. The van der Waals surface area contributed by atoms with Gasteiger partial charge in [-0.1, -0.05) is 17.7 Å². The maximum absolute atomic E-state index is 12.8. The third kappa shape index (κ3) is 5.77. The monoisotopic (exact) mass is 383 g/mol. The van der Waals surface area contributed by atoms with Gasteiger partial charge in [0.2, 0.25) is 15.9 Å². The fourth-order valence-corrected chi connectivity index (χ4v) is 4.48. The Morgan fingerprint density at radius 2 is 1.96 bits per heavy atom. The lowest BCUT2D eigenvalue weighted by Crippen LogP contribution is -2.46. The number of aryl methyl sites for hydroxylation is 1. The maximum Gasteiger partial charge on any atom is 0.243 e. The van der Waals surface area contributed by atoms with E-state index in [4.69, 9.17) is 4.74 Å². The molecule has 1 aliphatic rings. The molecule has 1 unspecified atom stereocenters. The highest BCUT2D eigenvalue weighted by atomic mass is 32.2. The van der Waals surface area contributed by atoms with E-state index in [1.54, 1.807) is 31.4 Å². The number of hydrogen-bond donors (Lipinski definition) is 2. The molecule has 0 aliphatic carbocycles.